The molecule has 0 fully saturated rings. The van der Waals surface area contributed by atoms with E-state index in [1.54, 1.807) is 48.5 Å². The van der Waals surface area contributed by atoms with Gasteiger partial charge >= 0.3 is 5.97 Å². The Morgan fingerprint density at radius 2 is 1.32 bits per heavy atom. The van der Waals surface area contributed by atoms with Crippen LogP contribution in [-0.2, 0) is 19.1 Å². The Hall–Kier alpha value is -3.84. The lowest BCUT2D eigenvalue weighted by Gasteiger charge is -2.10. The topological polar surface area (TPSA) is 93.7 Å². The van der Waals surface area contributed by atoms with Crippen molar-refractivity contribution in [3.05, 3.63) is 82.9 Å². The molecule has 0 atom stereocenters. The SMILES string of the molecule is Cc1ccc(Oc2ccc(NC(=O)CCC(=O)OCC(=O)Nc3ccc(Cl)cc3)cc2)cc1C. The minimum atomic E-state index is -0.640. The van der Waals surface area contributed by atoms with Crippen LogP contribution in [-0.4, -0.2) is 24.4 Å². The second-order valence-corrected chi connectivity index (χ2v) is 8.07. The third-order valence-electron chi connectivity index (χ3n) is 4.90. The Balaban J connectivity index is 1.37. The highest BCUT2D eigenvalue weighted by atomic mass is 35.5. The average molecular weight is 481 g/mol. The molecule has 0 unspecified atom stereocenters. The number of hydrogen-bond acceptors (Lipinski definition) is 5. The van der Waals surface area contributed by atoms with Gasteiger partial charge in [-0.05, 0) is 85.6 Å². The third kappa shape index (κ3) is 7.94. The Bertz CT molecular complexity index is 1160. The number of rotatable bonds is 9. The van der Waals surface area contributed by atoms with Gasteiger partial charge in [0.2, 0.25) is 5.91 Å². The zero-order chi connectivity index (χ0) is 24.5. The van der Waals surface area contributed by atoms with Crippen LogP contribution in [0.25, 0.3) is 0 Å². The molecule has 0 radical (unpaired) electrons. The quantitative estimate of drug-likeness (QED) is 0.386. The Morgan fingerprint density at radius 1 is 0.735 bits per heavy atom. The molecule has 0 aliphatic heterocycles. The monoisotopic (exact) mass is 480 g/mol. The number of carbonyl (C=O) groups is 3. The smallest absolute Gasteiger partial charge is 0.306 e. The maximum atomic E-state index is 12.1. The summed E-state index contributed by atoms with van der Waals surface area (Å²) in [7, 11) is 0. The van der Waals surface area contributed by atoms with Crippen LogP contribution in [0.1, 0.15) is 24.0 Å². The predicted molar refractivity (Wildman–Crippen MR) is 131 cm³/mol. The first kappa shape index (κ1) is 24.8. The van der Waals surface area contributed by atoms with Gasteiger partial charge < -0.3 is 20.1 Å². The molecule has 176 valence electrons. The number of esters is 1. The van der Waals surface area contributed by atoms with Gasteiger partial charge in [0.15, 0.2) is 6.61 Å². The van der Waals surface area contributed by atoms with E-state index in [9.17, 15) is 14.4 Å². The van der Waals surface area contributed by atoms with Gasteiger partial charge in [-0.1, -0.05) is 17.7 Å². The molecule has 0 bridgehead atoms. The molecule has 0 aromatic heterocycles. The maximum Gasteiger partial charge on any atom is 0.306 e. The Labute approximate surface area is 203 Å². The summed E-state index contributed by atoms with van der Waals surface area (Å²) in [6, 6.07) is 19.3. The van der Waals surface area contributed by atoms with Crippen molar-refractivity contribution in [2.75, 3.05) is 17.2 Å². The van der Waals surface area contributed by atoms with Crippen molar-refractivity contribution in [1.82, 2.24) is 0 Å². The van der Waals surface area contributed by atoms with E-state index in [2.05, 4.69) is 10.6 Å². The molecule has 7 nitrogen and oxygen atoms in total. The second kappa shape index (κ2) is 11.9. The van der Waals surface area contributed by atoms with Crippen LogP contribution in [0.15, 0.2) is 66.7 Å². The highest BCUT2D eigenvalue weighted by Crippen LogP contribution is 2.25. The molecule has 3 rings (SSSR count). The van der Waals surface area contributed by atoms with Gasteiger partial charge in [0.25, 0.3) is 5.91 Å². The van der Waals surface area contributed by atoms with Crippen molar-refractivity contribution < 1.29 is 23.9 Å². The number of ether oxygens (including phenoxy) is 2. The molecule has 8 heteroatoms. The summed E-state index contributed by atoms with van der Waals surface area (Å²) in [5.74, 6) is -0.0888. The molecular weight excluding hydrogens is 456 g/mol. The summed E-state index contributed by atoms with van der Waals surface area (Å²) < 4.78 is 10.7. The molecule has 0 aliphatic rings. The highest BCUT2D eigenvalue weighted by molar-refractivity contribution is 6.30. The first-order valence-corrected chi connectivity index (χ1v) is 11.0. The average Bonchev–Trinajstić information content (AvgIpc) is 2.81. The molecule has 34 heavy (non-hydrogen) atoms. The van der Waals surface area contributed by atoms with Crippen LogP contribution >= 0.6 is 11.6 Å². The van der Waals surface area contributed by atoms with Gasteiger partial charge in [0, 0.05) is 22.8 Å². The number of amides is 2. The zero-order valence-electron chi connectivity index (χ0n) is 18.9. The van der Waals surface area contributed by atoms with Crippen molar-refractivity contribution in [2.24, 2.45) is 0 Å². The van der Waals surface area contributed by atoms with E-state index in [-0.39, 0.29) is 18.7 Å². The van der Waals surface area contributed by atoms with Crippen molar-refractivity contribution in [2.45, 2.75) is 26.7 Å². The zero-order valence-corrected chi connectivity index (χ0v) is 19.6. The molecule has 3 aromatic carbocycles. The van der Waals surface area contributed by atoms with Crippen LogP contribution in [0.2, 0.25) is 5.02 Å². The fraction of sp³-hybridized carbons (Fsp3) is 0.192. The molecule has 0 saturated carbocycles. The van der Waals surface area contributed by atoms with E-state index >= 15 is 0 Å². The fourth-order valence-electron chi connectivity index (χ4n) is 2.91. The van der Waals surface area contributed by atoms with E-state index in [4.69, 9.17) is 21.1 Å². The summed E-state index contributed by atoms with van der Waals surface area (Å²) in [5, 5.41) is 5.84. The summed E-state index contributed by atoms with van der Waals surface area (Å²) in [6.07, 6.45) is -0.216. The number of aryl methyl sites for hydroxylation is 2. The van der Waals surface area contributed by atoms with Crippen LogP contribution in [0.3, 0.4) is 0 Å². The van der Waals surface area contributed by atoms with Crippen LogP contribution in [0, 0.1) is 13.8 Å². The van der Waals surface area contributed by atoms with Crippen molar-refractivity contribution >= 4 is 40.8 Å². The van der Waals surface area contributed by atoms with Gasteiger partial charge in [-0.2, -0.15) is 0 Å². The molecule has 3 aromatic rings. The van der Waals surface area contributed by atoms with E-state index in [0.29, 0.717) is 22.1 Å². The lowest BCUT2D eigenvalue weighted by atomic mass is 10.1. The van der Waals surface area contributed by atoms with E-state index in [1.807, 2.05) is 32.0 Å². The lowest BCUT2D eigenvalue weighted by molar-refractivity contribution is -0.147. The molecular formula is C26H25ClN2O5. The van der Waals surface area contributed by atoms with Gasteiger partial charge in [0.05, 0.1) is 6.42 Å². The largest absolute Gasteiger partial charge is 0.457 e. The first-order chi connectivity index (χ1) is 16.3. The van der Waals surface area contributed by atoms with Crippen LogP contribution in [0.5, 0.6) is 11.5 Å². The summed E-state index contributed by atoms with van der Waals surface area (Å²) >= 11 is 5.79. The standard InChI is InChI=1S/C26H25ClN2O5/c1-17-3-10-23(15-18(17)2)34-22-11-8-21(9-12-22)28-24(30)13-14-26(32)33-16-25(31)29-20-6-4-19(27)5-7-20/h3-12,15H,13-14,16H2,1-2H3,(H,28,30)(H,29,31). The number of halogens is 1. The van der Waals surface area contributed by atoms with E-state index in [0.717, 1.165) is 11.3 Å². The number of benzene rings is 3. The summed E-state index contributed by atoms with van der Waals surface area (Å²) in [4.78, 5) is 35.8. The van der Waals surface area contributed by atoms with Crippen molar-refractivity contribution in [3.8, 4) is 11.5 Å². The molecule has 0 saturated heterocycles. The van der Waals surface area contributed by atoms with Crippen LogP contribution < -0.4 is 15.4 Å². The minimum Gasteiger partial charge on any atom is -0.457 e. The van der Waals surface area contributed by atoms with Crippen molar-refractivity contribution in [3.63, 3.8) is 0 Å². The highest BCUT2D eigenvalue weighted by Gasteiger charge is 2.11. The van der Waals surface area contributed by atoms with Gasteiger partial charge in [-0.25, -0.2) is 0 Å². The van der Waals surface area contributed by atoms with Gasteiger partial charge in [0.1, 0.15) is 11.5 Å². The number of carbonyl (C=O) groups excluding carboxylic acids is 3. The second-order valence-electron chi connectivity index (χ2n) is 7.64. The Kier molecular flexibility index (Phi) is 8.65. The van der Waals surface area contributed by atoms with Crippen LogP contribution in [0.4, 0.5) is 11.4 Å². The van der Waals surface area contributed by atoms with Crippen molar-refractivity contribution in [1.29, 1.82) is 0 Å². The molecule has 0 aliphatic carbocycles. The van der Waals surface area contributed by atoms with E-state index in [1.165, 1.54) is 5.56 Å². The fourth-order valence-corrected chi connectivity index (χ4v) is 3.03. The first-order valence-electron chi connectivity index (χ1n) is 10.6. The number of nitrogens with one attached hydrogen (secondary N) is 2. The molecule has 2 amide bonds. The molecule has 0 heterocycles. The van der Waals surface area contributed by atoms with E-state index < -0.39 is 18.5 Å². The predicted octanol–water partition coefficient (Wildman–Crippen LogP) is 5.65. The molecule has 0 spiro atoms. The summed E-state index contributed by atoms with van der Waals surface area (Å²) in [5.41, 5.74) is 3.45. The minimum absolute atomic E-state index is 0.0709. The summed E-state index contributed by atoms with van der Waals surface area (Å²) in [6.45, 7) is 3.62. The number of hydrogen-bond donors (Lipinski definition) is 2. The molecule has 2 N–H and O–H groups in total. The third-order valence-corrected chi connectivity index (χ3v) is 5.15. The lowest BCUT2D eigenvalue weighted by Crippen LogP contribution is -2.21. The van der Waals surface area contributed by atoms with Gasteiger partial charge in [-0.15, -0.1) is 0 Å². The normalized spacial score (nSPS) is 10.3. The Morgan fingerprint density at radius 3 is 1.97 bits per heavy atom. The maximum absolute atomic E-state index is 12.1. The number of anilines is 2. The van der Waals surface area contributed by atoms with Gasteiger partial charge in [-0.3, -0.25) is 14.4 Å².